The van der Waals surface area contributed by atoms with Gasteiger partial charge in [-0.15, -0.1) is 22.0 Å². The third-order valence-corrected chi connectivity index (χ3v) is 6.08. The molecule has 1 fully saturated rings. The molecule has 1 amide bonds. The molecule has 2 atom stereocenters. The molecule has 0 aliphatic carbocycles. The maximum atomic E-state index is 11.7. The van der Waals surface area contributed by atoms with E-state index in [-0.39, 0.29) is 5.70 Å². The van der Waals surface area contributed by atoms with E-state index in [1.807, 2.05) is 18.5 Å². The molecule has 8 nitrogen and oxygen atoms in total. The summed E-state index contributed by atoms with van der Waals surface area (Å²) in [5.74, 6) is -0.0413. The van der Waals surface area contributed by atoms with E-state index in [2.05, 4.69) is 10.2 Å². The van der Waals surface area contributed by atoms with Crippen LogP contribution in [0, 0.1) is 6.92 Å². The number of hydrogen-bond acceptors (Lipinski definition) is 7. The van der Waals surface area contributed by atoms with E-state index in [1.165, 1.54) is 28.4 Å². The molecule has 1 saturated heterocycles. The second kappa shape index (κ2) is 5.60. The number of nitrogens with zero attached hydrogens (tertiary/aromatic N) is 4. The third-order valence-electron chi connectivity index (χ3n) is 3.65. The van der Waals surface area contributed by atoms with Gasteiger partial charge in [0.05, 0.1) is 0 Å². The van der Waals surface area contributed by atoms with Crippen LogP contribution in [-0.4, -0.2) is 64.7 Å². The van der Waals surface area contributed by atoms with Crippen LogP contribution in [0.2, 0.25) is 0 Å². The number of aliphatic hydroxyl groups excluding tert-OH is 1. The Morgan fingerprint density at radius 2 is 2.23 bits per heavy atom. The van der Waals surface area contributed by atoms with Gasteiger partial charge in [0.1, 0.15) is 16.9 Å². The molecule has 2 aliphatic heterocycles. The van der Waals surface area contributed by atoms with Crippen LogP contribution in [0.15, 0.2) is 16.4 Å². The highest BCUT2D eigenvalue weighted by Crippen LogP contribution is 2.41. The van der Waals surface area contributed by atoms with Gasteiger partial charge in [-0.3, -0.25) is 9.69 Å². The molecule has 22 heavy (non-hydrogen) atoms. The second-order valence-corrected chi connectivity index (χ2v) is 7.04. The van der Waals surface area contributed by atoms with Crippen molar-refractivity contribution in [2.45, 2.75) is 23.6 Å². The lowest BCUT2D eigenvalue weighted by molar-refractivity contribution is -0.159. The monoisotopic (exact) mass is 342 g/mol. The number of aliphatic hydroxyl groups is 1. The van der Waals surface area contributed by atoms with Crippen molar-refractivity contribution in [1.82, 2.24) is 19.7 Å². The molecule has 3 heterocycles. The molecule has 0 bridgehead atoms. The number of fused-ring (bicyclic) bond motifs is 1. The van der Waals surface area contributed by atoms with Crippen LogP contribution in [0.25, 0.3) is 0 Å². The first-order valence-electron chi connectivity index (χ1n) is 6.48. The zero-order chi connectivity index (χ0) is 16.0. The lowest BCUT2D eigenvalue weighted by Gasteiger charge is -2.47. The Bertz CT molecular complexity index is 687. The van der Waals surface area contributed by atoms with Crippen molar-refractivity contribution in [3.63, 3.8) is 0 Å². The molecule has 0 aromatic carbocycles. The summed E-state index contributed by atoms with van der Waals surface area (Å²) >= 11 is 2.76. The van der Waals surface area contributed by atoms with Gasteiger partial charge in [0.15, 0.2) is 11.3 Å². The molecule has 0 saturated carbocycles. The number of aryl methyl sites for hydroxylation is 1. The smallest absolute Gasteiger partial charge is 0.352 e. The zero-order valence-electron chi connectivity index (χ0n) is 11.9. The first-order chi connectivity index (χ1) is 10.4. The van der Waals surface area contributed by atoms with E-state index in [0.717, 1.165) is 5.82 Å². The minimum atomic E-state index is -1.14. The molecule has 2 aliphatic rings. The summed E-state index contributed by atoms with van der Waals surface area (Å²) in [4.78, 5) is 24.4. The number of thioether (sulfide) groups is 2. The van der Waals surface area contributed by atoms with Gasteiger partial charge in [0.25, 0.3) is 5.91 Å². The van der Waals surface area contributed by atoms with Crippen LogP contribution in [0.3, 0.4) is 0 Å². The molecule has 118 valence electrons. The van der Waals surface area contributed by atoms with Gasteiger partial charge in [-0.1, -0.05) is 11.8 Å². The molecule has 0 radical (unpaired) electrons. The SMILES string of the molecule is Cc1nnc(SCC2=C(C(=O)O)N3C(=O)[C@@H](O)[C@@H]3SC2)n1C. The summed E-state index contributed by atoms with van der Waals surface area (Å²) in [7, 11) is 1.84. The van der Waals surface area contributed by atoms with Gasteiger partial charge in [-0.05, 0) is 12.5 Å². The molecular weight excluding hydrogens is 328 g/mol. The minimum Gasteiger partial charge on any atom is -0.477 e. The number of carboxylic acid groups (broad SMARTS) is 1. The van der Waals surface area contributed by atoms with Crippen LogP contribution in [0.4, 0.5) is 0 Å². The number of carboxylic acids is 1. The predicted octanol–water partition coefficient (Wildman–Crippen LogP) is -0.170. The maximum absolute atomic E-state index is 11.7. The van der Waals surface area contributed by atoms with Gasteiger partial charge in [0.2, 0.25) is 0 Å². The minimum absolute atomic E-state index is 0.00885. The first kappa shape index (κ1) is 15.4. The number of aliphatic carboxylic acids is 1. The van der Waals surface area contributed by atoms with E-state index in [1.54, 1.807) is 0 Å². The molecule has 1 aromatic rings. The highest BCUT2D eigenvalue weighted by molar-refractivity contribution is 8.01. The van der Waals surface area contributed by atoms with Gasteiger partial charge in [-0.25, -0.2) is 4.79 Å². The molecule has 10 heteroatoms. The number of hydrogen-bond donors (Lipinski definition) is 2. The predicted molar refractivity (Wildman–Crippen MR) is 80.2 cm³/mol. The van der Waals surface area contributed by atoms with Crippen LogP contribution >= 0.6 is 23.5 Å². The fraction of sp³-hybridized carbons (Fsp3) is 0.500. The quantitative estimate of drug-likeness (QED) is 0.573. The summed E-state index contributed by atoms with van der Waals surface area (Å²) < 4.78 is 1.82. The summed E-state index contributed by atoms with van der Waals surface area (Å²) in [6.45, 7) is 1.83. The fourth-order valence-electron chi connectivity index (χ4n) is 2.31. The van der Waals surface area contributed by atoms with Crippen LogP contribution in [0.5, 0.6) is 0 Å². The average molecular weight is 342 g/mol. The number of aromatic nitrogens is 3. The van der Waals surface area contributed by atoms with E-state index in [0.29, 0.717) is 22.2 Å². The van der Waals surface area contributed by atoms with Crippen molar-refractivity contribution in [3.05, 3.63) is 17.1 Å². The van der Waals surface area contributed by atoms with Crippen LogP contribution in [0.1, 0.15) is 5.82 Å². The molecule has 1 aromatic heterocycles. The largest absolute Gasteiger partial charge is 0.477 e. The first-order valence-corrected chi connectivity index (χ1v) is 8.52. The number of carbonyl (C=O) groups excluding carboxylic acids is 1. The maximum Gasteiger partial charge on any atom is 0.352 e. The van der Waals surface area contributed by atoms with Crippen molar-refractivity contribution in [2.24, 2.45) is 7.05 Å². The Hall–Kier alpha value is -1.52. The Morgan fingerprint density at radius 1 is 1.50 bits per heavy atom. The number of amides is 1. The van der Waals surface area contributed by atoms with Gasteiger partial charge < -0.3 is 14.8 Å². The van der Waals surface area contributed by atoms with Crippen molar-refractivity contribution in [3.8, 4) is 0 Å². The second-order valence-electron chi connectivity index (χ2n) is 4.99. The Kier molecular flexibility index (Phi) is 3.91. The molecule has 0 unspecified atom stereocenters. The van der Waals surface area contributed by atoms with Crippen molar-refractivity contribution >= 4 is 35.4 Å². The fourth-order valence-corrected chi connectivity index (χ4v) is 4.67. The summed E-state index contributed by atoms with van der Waals surface area (Å²) in [6.07, 6.45) is -1.10. The number of β-lactam (4-membered cyclic amide) rings is 1. The van der Waals surface area contributed by atoms with Crippen molar-refractivity contribution in [1.29, 1.82) is 0 Å². The lowest BCUT2D eigenvalue weighted by atomic mass is 10.1. The molecule has 2 N–H and O–H groups in total. The van der Waals surface area contributed by atoms with E-state index in [9.17, 15) is 19.8 Å². The summed E-state index contributed by atoms with van der Waals surface area (Å²) in [5.41, 5.74) is 0.644. The summed E-state index contributed by atoms with van der Waals surface area (Å²) in [5, 5.41) is 27.2. The summed E-state index contributed by atoms with van der Waals surface area (Å²) in [6, 6.07) is 0. The topological polar surface area (TPSA) is 109 Å². The molecule has 3 rings (SSSR count). The Morgan fingerprint density at radius 3 is 2.82 bits per heavy atom. The standard InChI is InChI=1S/C12H14N4O4S2/c1-5-13-14-12(15(5)2)22-4-6-3-21-10-8(17)9(18)16(10)7(6)11(19)20/h8,10,17H,3-4H2,1-2H3,(H,19,20)/t8-,10+/m1/s1. The number of carbonyl (C=O) groups is 2. The van der Waals surface area contributed by atoms with Gasteiger partial charge in [-0.2, -0.15) is 0 Å². The average Bonchev–Trinajstić information content (AvgIpc) is 2.82. The van der Waals surface area contributed by atoms with Crippen LogP contribution in [-0.2, 0) is 16.6 Å². The van der Waals surface area contributed by atoms with E-state index in [4.69, 9.17) is 0 Å². The number of rotatable bonds is 4. The van der Waals surface area contributed by atoms with Crippen molar-refractivity contribution in [2.75, 3.05) is 11.5 Å². The van der Waals surface area contributed by atoms with E-state index < -0.39 is 23.4 Å². The Balaban J connectivity index is 1.83. The third kappa shape index (κ3) is 2.31. The zero-order valence-corrected chi connectivity index (χ0v) is 13.5. The molecular formula is C12H14N4O4S2. The van der Waals surface area contributed by atoms with Gasteiger partial charge in [0, 0.05) is 18.6 Å². The van der Waals surface area contributed by atoms with E-state index >= 15 is 0 Å². The van der Waals surface area contributed by atoms with Crippen molar-refractivity contribution < 1.29 is 19.8 Å². The lowest BCUT2D eigenvalue weighted by Crippen LogP contribution is -2.64. The normalized spacial score (nSPS) is 24.3. The molecule has 0 spiro atoms. The Labute approximate surface area is 134 Å². The van der Waals surface area contributed by atoms with Crippen LogP contribution < -0.4 is 0 Å². The highest BCUT2D eigenvalue weighted by Gasteiger charge is 2.52. The van der Waals surface area contributed by atoms with Gasteiger partial charge >= 0.3 is 5.97 Å². The highest BCUT2D eigenvalue weighted by atomic mass is 32.2.